The highest BCUT2D eigenvalue weighted by molar-refractivity contribution is 5.92. The summed E-state index contributed by atoms with van der Waals surface area (Å²) < 4.78 is 4.77. The third-order valence-corrected chi connectivity index (χ3v) is 2.87. The number of nitriles is 1. The van der Waals surface area contributed by atoms with Gasteiger partial charge in [-0.1, -0.05) is 0 Å². The molecule has 9 nitrogen and oxygen atoms in total. The number of hydrogen-bond acceptors (Lipinski definition) is 7. The van der Waals surface area contributed by atoms with E-state index >= 15 is 0 Å². The van der Waals surface area contributed by atoms with Crippen molar-refractivity contribution >= 4 is 22.9 Å². The van der Waals surface area contributed by atoms with E-state index in [0.717, 1.165) is 11.3 Å². The number of nitrogens with zero attached hydrogens (tertiary/aromatic N) is 4. The van der Waals surface area contributed by atoms with Crippen LogP contribution in [0.25, 0.3) is 5.57 Å². The summed E-state index contributed by atoms with van der Waals surface area (Å²) in [7, 11) is 1.46. The third kappa shape index (κ3) is 4.36. The number of aromatic amines is 1. The number of methoxy groups -OCH3 is 1. The number of nitrogens with one attached hydrogen (secondary N) is 3. The summed E-state index contributed by atoms with van der Waals surface area (Å²) in [5.41, 5.74) is 2.56. The highest BCUT2D eigenvalue weighted by atomic mass is 16.5. The molecule has 0 atom stereocenters. The van der Waals surface area contributed by atoms with Crippen molar-refractivity contribution in [1.29, 1.82) is 5.26 Å². The summed E-state index contributed by atoms with van der Waals surface area (Å²) in [4.78, 5) is 11.5. The van der Waals surface area contributed by atoms with E-state index in [4.69, 9.17) is 10.00 Å². The van der Waals surface area contributed by atoms with Gasteiger partial charge in [-0.15, -0.1) is 10.2 Å². The number of carbonyl (C=O) groups is 1. The number of hydrogen-bond donors (Lipinski definition) is 3. The minimum absolute atomic E-state index is 0.00158. The molecular formula is C14H15N7O2. The largest absolute Gasteiger partial charge is 0.375 e. The molecule has 2 aromatic rings. The van der Waals surface area contributed by atoms with Crippen LogP contribution in [0, 0.1) is 18.3 Å². The molecule has 1 aromatic carbocycles. The first-order valence-corrected chi connectivity index (χ1v) is 6.64. The molecule has 0 radical (unpaired) electrons. The van der Waals surface area contributed by atoms with Crippen molar-refractivity contribution in [3.8, 4) is 6.07 Å². The van der Waals surface area contributed by atoms with Gasteiger partial charge in [0, 0.05) is 24.7 Å². The van der Waals surface area contributed by atoms with E-state index in [1.807, 2.05) is 19.1 Å². The van der Waals surface area contributed by atoms with Crippen LogP contribution >= 0.6 is 0 Å². The Labute approximate surface area is 132 Å². The number of carbonyl (C=O) groups excluding carboxylic acids is 1. The van der Waals surface area contributed by atoms with Crippen molar-refractivity contribution in [2.45, 2.75) is 6.92 Å². The fourth-order valence-electron chi connectivity index (χ4n) is 1.79. The lowest BCUT2D eigenvalue weighted by Crippen LogP contribution is -2.17. The zero-order valence-corrected chi connectivity index (χ0v) is 12.6. The molecule has 0 aliphatic heterocycles. The molecule has 0 saturated carbocycles. The molecule has 3 N–H and O–H groups in total. The minimum Gasteiger partial charge on any atom is -0.375 e. The van der Waals surface area contributed by atoms with Gasteiger partial charge in [-0.05, 0) is 35.9 Å². The first-order chi connectivity index (χ1) is 11.1. The van der Waals surface area contributed by atoms with E-state index in [1.54, 1.807) is 12.1 Å². The zero-order chi connectivity index (χ0) is 16.7. The maximum atomic E-state index is 11.5. The maximum Gasteiger partial charge on any atom is 0.250 e. The monoisotopic (exact) mass is 313 g/mol. The van der Waals surface area contributed by atoms with E-state index in [0.29, 0.717) is 5.69 Å². The number of amides is 1. The van der Waals surface area contributed by atoms with E-state index in [2.05, 4.69) is 31.3 Å². The van der Waals surface area contributed by atoms with Crippen LogP contribution in [0.3, 0.4) is 0 Å². The molecule has 9 heteroatoms. The summed E-state index contributed by atoms with van der Waals surface area (Å²) >= 11 is 0. The molecule has 23 heavy (non-hydrogen) atoms. The third-order valence-electron chi connectivity index (χ3n) is 2.87. The van der Waals surface area contributed by atoms with E-state index < -0.39 is 0 Å². The van der Waals surface area contributed by atoms with Crippen LogP contribution in [0.4, 0.5) is 11.4 Å². The van der Waals surface area contributed by atoms with Crippen LogP contribution in [-0.4, -0.2) is 40.2 Å². The summed E-state index contributed by atoms with van der Waals surface area (Å²) in [6.07, 6.45) is 1.49. The number of rotatable bonds is 6. The lowest BCUT2D eigenvalue weighted by molar-refractivity contribution is -0.119. The van der Waals surface area contributed by atoms with Gasteiger partial charge in [0.15, 0.2) is 0 Å². The van der Waals surface area contributed by atoms with Gasteiger partial charge in [0.2, 0.25) is 11.7 Å². The van der Waals surface area contributed by atoms with Gasteiger partial charge < -0.3 is 15.4 Å². The van der Waals surface area contributed by atoms with Crippen molar-refractivity contribution in [2.24, 2.45) is 0 Å². The van der Waals surface area contributed by atoms with Gasteiger partial charge in [-0.3, -0.25) is 4.79 Å². The van der Waals surface area contributed by atoms with Crippen molar-refractivity contribution < 1.29 is 9.53 Å². The van der Waals surface area contributed by atoms with Gasteiger partial charge in [0.05, 0.1) is 0 Å². The maximum absolute atomic E-state index is 11.5. The quantitative estimate of drug-likeness (QED) is 0.680. The zero-order valence-electron chi connectivity index (χ0n) is 12.6. The van der Waals surface area contributed by atoms with Crippen molar-refractivity contribution in [3.63, 3.8) is 0 Å². The Morgan fingerprint density at radius 2 is 2.35 bits per heavy atom. The Morgan fingerprint density at radius 1 is 1.52 bits per heavy atom. The highest BCUT2D eigenvalue weighted by Gasteiger charge is 2.07. The highest BCUT2D eigenvalue weighted by Crippen LogP contribution is 2.20. The van der Waals surface area contributed by atoms with Crippen LogP contribution in [0.2, 0.25) is 0 Å². The molecule has 0 saturated heterocycles. The number of aromatic nitrogens is 4. The number of anilines is 2. The molecule has 1 heterocycles. The summed E-state index contributed by atoms with van der Waals surface area (Å²) in [5, 5.41) is 28.0. The Morgan fingerprint density at radius 3 is 2.96 bits per heavy atom. The average Bonchev–Trinajstić information content (AvgIpc) is 3.05. The van der Waals surface area contributed by atoms with Crippen LogP contribution in [-0.2, 0) is 9.53 Å². The Hall–Kier alpha value is -3.25. The van der Waals surface area contributed by atoms with E-state index in [1.165, 1.54) is 13.3 Å². The lowest BCUT2D eigenvalue weighted by atomic mass is 10.1. The standard InChI is InChI=1S/C14H15N7O2/c1-9-5-11(3-4-12(9)17-13(22)8-23-2)16-7-10(6-15)14-18-20-21-19-14/h3-5,7,16H,8H2,1-2H3,(H,17,22)(H,18,19,20,21). The van der Waals surface area contributed by atoms with Gasteiger partial charge in [-0.25, -0.2) is 0 Å². The molecule has 2 rings (SSSR count). The number of H-pyrrole nitrogens is 1. The normalized spacial score (nSPS) is 10.9. The molecule has 0 bridgehead atoms. The van der Waals surface area contributed by atoms with E-state index in [9.17, 15) is 4.79 Å². The minimum atomic E-state index is -0.222. The Bertz CT molecular complexity index is 747. The van der Waals surface area contributed by atoms with Crippen molar-refractivity contribution in [1.82, 2.24) is 20.6 Å². The molecular weight excluding hydrogens is 298 g/mol. The number of aryl methyl sites for hydroxylation is 1. The lowest BCUT2D eigenvalue weighted by Gasteiger charge is -2.10. The van der Waals surface area contributed by atoms with Crippen LogP contribution in [0.1, 0.15) is 11.4 Å². The fourth-order valence-corrected chi connectivity index (χ4v) is 1.79. The molecule has 118 valence electrons. The molecule has 0 fully saturated rings. The molecule has 0 unspecified atom stereocenters. The van der Waals surface area contributed by atoms with Crippen molar-refractivity contribution in [3.05, 3.63) is 35.8 Å². The number of ether oxygens (including phenoxy) is 1. The SMILES string of the molecule is COCC(=O)Nc1ccc(NC=C(C#N)c2nn[nH]n2)cc1C. The van der Waals surface area contributed by atoms with Crippen LogP contribution < -0.4 is 10.6 Å². The number of benzene rings is 1. The smallest absolute Gasteiger partial charge is 0.250 e. The van der Waals surface area contributed by atoms with Crippen LogP contribution in [0.5, 0.6) is 0 Å². The topological polar surface area (TPSA) is 129 Å². The van der Waals surface area contributed by atoms with Crippen LogP contribution in [0.15, 0.2) is 24.4 Å². The van der Waals surface area contributed by atoms with E-state index in [-0.39, 0.29) is 23.9 Å². The second-order valence-electron chi connectivity index (χ2n) is 4.56. The Kier molecular flexibility index (Phi) is 5.38. The second-order valence-corrected chi connectivity index (χ2v) is 4.56. The molecule has 0 aliphatic rings. The predicted octanol–water partition coefficient (Wildman–Crippen LogP) is 1.07. The Balaban J connectivity index is 2.09. The fraction of sp³-hybridized carbons (Fsp3) is 0.214. The summed E-state index contributed by atoms with van der Waals surface area (Å²) in [5.74, 6) is -0.0137. The second kappa shape index (κ2) is 7.67. The van der Waals surface area contributed by atoms with Gasteiger partial charge in [0.1, 0.15) is 18.2 Å². The van der Waals surface area contributed by atoms with Gasteiger partial charge >= 0.3 is 0 Å². The van der Waals surface area contributed by atoms with Crippen molar-refractivity contribution in [2.75, 3.05) is 24.4 Å². The molecule has 1 amide bonds. The number of tetrazole rings is 1. The average molecular weight is 313 g/mol. The predicted molar refractivity (Wildman–Crippen MR) is 83.1 cm³/mol. The summed E-state index contributed by atoms with van der Waals surface area (Å²) in [6.45, 7) is 1.86. The molecule has 0 aliphatic carbocycles. The van der Waals surface area contributed by atoms with Gasteiger partial charge in [-0.2, -0.15) is 10.5 Å². The van der Waals surface area contributed by atoms with Gasteiger partial charge in [0.25, 0.3) is 0 Å². The summed E-state index contributed by atoms with van der Waals surface area (Å²) in [6, 6.07) is 7.36. The molecule has 0 spiro atoms. The molecule has 1 aromatic heterocycles. The first kappa shape index (κ1) is 16.1. The number of allylic oxidation sites excluding steroid dienone is 1. The first-order valence-electron chi connectivity index (χ1n) is 6.64.